The van der Waals surface area contributed by atoms with Gasteiger partial charge < -0.3 is 10.0 Å². The molecule has 1 atom stereocenters. The van der Waals surface area contributed by atoms with Crippen LogP contribution in [0.5, 0.6) is 0 Å². The summed E-state index contributed by atoms with van der Waals surface area (Å²) in [5, 5.41) is 9.11. The van der Waals surface area contributed by atoms with Crippen molar-refractivity contribution in [1.29, 1.82) is 0 Å². The van der Waals surface area contributed by atoms with E-state index in [1.807, 2.05) is 0 Å². The summed E-state index contributed by atoms with van der Waals surface area (Å²) in [4.78, 5) is 25.8. The van der Waals surface area contributed by atoms with Crippen molar-refractivity contribution in [3.05, 3.63) is 35.6 Å². The lowest BCUT2D eigenvalue weighted by Gasteiger charge is -2.33. The van der Waals surface area contributed by atoms with Crippen LogP contribution in [0.2, 0.25) is 0 Å². The Morgan fingerprint density at radius 1 is 1.23 bits per heavy atom. The lowest BCUT2D eigenvalue weighted by molar-refractivity contribution is -0.142. The molecule has 0 bridgehead atoms. The molecule has 1 N–H and O–H groups in total. The van der Waals surface area contributed by atoms with Gasteiger partial charge in [0.2, 0.25) is 5.91 Å². The van der Waals surface area contributed by atoms with E-state index < -0.39 is 17.3 Å². The molecule has 3 rings (SSSR count). The van der Waals surface area contributed by atoms with Gasteiger partial charge in [-0.3, -0.25) is 9.59 Å². The van der Waals surface area contributed by atoms with Crippen LogP contribution in [0.15, 0.2) is 24.3 Å². The van der Waals surface area contributed by atoms with Crippen LogP contribution in [0.25, 0.3) is 0 Å². The number of hydrogen-bond acceptors (Lipinski definition) is 2. The second-order valence-corrected chi connectivity index (χ2v) is 6.34. The van der Waals surface area contributed by atoms with Crippen molar-refractivity contribution < 1.29 is 19.1 Å². The first-order valence-electron chi connectivity index (χ1n) is 7.82. The summed E-state index contributed by atoms with van der Waals surface area (Å²) in [5.74, 6) is -1.80. The van der Waals surface area contributed by atoms with Crippen LogP contribution in [0.3, 0.4) is 0 Å². The number of rotatable bonds is 3. The summed E-state index contributed by atoms with van der Waals surface area (Å²) in [7, 11) is 0. The highest BCUT2D eigenvalue weighted by Gasteiger charge is 2.48. The summed E-state index contributed by atoms with van der Waals surface area (Å²) in [5.41, 5.74) is -0.338. The normalized spacial score (nSPS) is 23.7. The zero-order chi connectivity index (χ0) is 15.7. The van der Waals surface area contributed by atoms with Gasteiger partial charge in [0.15, 0.2) is 0 Å². The lowest BCUT2D eigenvalue weighted by Crippen LogP contribution is -2.45. The van der Waals surface area contributed by atoms with Gasteiger partial charge in [-0.1, -0.05) is 31.0 Å². The number of carbonyl (C=O) groups excluding carboxylic acids is 1. The van der Waals surface area contributed by atoms with Gasteiger partial charge in [0, 0.05) is 18.7 Å². The molecule has 1 saturated carbocycles. The van der Waals surface area contributed by atoms with Crippen LogP contribution in [0, 0.1) is 11.7 Å². The number of halogens is 1. The Bertz CT molecular complexity index is 595. The number of benzene rings is 1. The molecule has 0 aromatic heterocycles. The number of carboxylic acids is 1. The predicted octanol–water partition coefficient (Wildman–Crippen LogP) is 2.57. The first-order chi connectivity index (χ1) is 10.5. The molecule has 5 heteroatoms. The third-order valence-electron chi connectivity index (χ3n) is 5.08. The van der Waals surface area contributed by atoms with Crippen molar-refractivity contribution >= 4 is 11.9 Å². The molecule has 1 aromatic rings. The zero-order valence-electron chi connectivity index (χ0n) is 12.4. The first-order valence-corrected chi connectivity index (χ1v) is 7.82. The van der Waals surface area contributed by atoms with Crippen molar-refractivity contribution in [3.63, 3.8) is 0 Å². The Labute approximate surface area is 128 Å². The number of aliphatic carboxylic acids is 1. The third kappa shape index (κ3) is 2.38. The molecule has 0 radical (unpaired) electrons. The molecular formula is C17H20FNO3. The molecule has 4 nitrogen and oxygen atoms in total. The van der Waals surface area contributed by atoms with Gasteiger partial charge in [-0.05, 0) is 25.3 Å². The molecule has 1 aliphatic heterocycles. The summed E-state index contributed by atoms with van der Waals surface area (Å²) < 4.78 is 14.3. The van der Waals surface area contributed by atoms with E-state index in [4.69, 9.17) is 5.11 Å². The number of amides is 1. The summed E-state index contributed by atoms with van der Waals surface area (Å²) in [6, 6.07) is 6.48. The van der Waals surface area contributed by atoms with Crippen LogP contribution >= 0.6 is 0 Å². The Balaban J connectivity index is 1.90. The minimum Gasteiger partial charge on any atom is -0.481 e. The fourth-order valence-electron chi connectivity index (χ4n) is 3.88. The lowest BCUT2D eigenvalue weighted by atomic mass is 9.77. The first kappa shape index (κ1) is 15.0. The number of carboxylic acid groups (broad SMARTS) is 1. The van der Waals surface area contributed by atoms with E-state index in [2.05, 4.69) is 0 Å². The third-order valence-corrected chi connectivity index (χ3v) is 5.08. The maximum absolute atomic E-state index is 14.3. The van der Waals surface area contributed by atoms with E-state index in [-0.39, 0.29) is 18.3 Å². The van der Waals surface area contributed by atoms with E-state index in [1.54, 1.807) is 23.1 Å². The van der Waals surface area contributed by atoms with Crippen molar-refractivity contribution in [3.8, 4) is 0 Å². The molecule has 1 aliphatic carbocycles. The summed E-state index contributed by atoms with van der Waals surface area (Å²) in [6.45, 7) is 0.691. The van der Waals surface area contributed by atoms with Gasteiger partial charge in [-0.2, -0.15) is 0 Å². The standard InChI is InChI=1S/C17H20FNO3/c18-14-6-2-1-5-13(14)17(8-3-4-9-17)16(22)19-10-7-12(11-19)15(20)21/h1-2,5-6,12H,3-4,7-11H2,(H,20,21). The molecule has 22 heavy (non-hydrogen) atoms. The van der Waals surface area contributed by atoms with E-state index in [9.17, 15) is 14.0 Å². The number of hydrogen-bond donors (Lipinski definition) is 1. The SMILES string of the molecule is O=C(O)C1CCN(C(=O)C2(c3ccccc3F)CCCC2)C1. The van der Waals surface area contributed by atoms with Gasteiger partial charge in [-0.15, -0.1) is 0 Å². The van der Waals surface area contributed by atoms with Gasteiger partial charge in [0.25, 0.3) is 0 Å². The monoisotopic (exact) mass is 305 g/mol. The molecular weight excluding hydrogens is 285 g/mol. The summed E-state index contributed by atoms with van der Waals surface area (Å²) >= 11 is 0. The molecule has 1 heterocycles. The van der Waals surface area contributed by atoms with Crippen LogP contribution in [0.4, 0.5) is 4.39 Å². The summed E-state index contributed by atoms with van der Waals surface area (Å²) in [6.07, 6.45) is 3.56. The van der Waals surface area contributed by atoms with E-state index in [1.165, 1.54) is 6.07 Å². The van der Waals surface area contributed by atoms with Gasteiger partial charge in [0.1, 0.15) is 5.82 Å². The maximum atomic E-state index is 14.3. The average molecular weight is 305 g/mol. The van der Waals surface area contributed by atoms with E-state index in [0.717, 1.165) is 12.8 Å². The number of likely N-dealkylation sites (tertiary alicyclic amines) is 1. The van der Waals surface area contributed by atoms with Crippen molar-refractivity contribution in [2.45, 2.75) is 37.5 Å². The van der Waals surface area contributed by atoms with Crippen LogP contribution in [-0.4, -0.2) is 35.0 Å². The van der Waals surface area contributed by atoms with Crippen LogP contribution in [0.1, 0.15) is 37.7 Å². The highest BCUT2D eigenvalue weighted by Crippen LogP contribution is 2.44. The molecule has 1 aromatic carbocycles. The molecule has 1 amide bonds. The second kappa shape index (κ2) is 5.71. The van der Waals surface area contributed by atoms with Gasteiger partial charge >= 0.3 is 5.97 Å². The van der Waals surface area contributed by atoms with Crippen molar-refractivity contribution in [2.75, 3.05) is 13.1 Å². The molecule has 2 fully saturated rings. The average Bonchev–Trinajstić information content (AvgIpc) is 3.17. The van der Waals surface area contributed by atoms with Gasteiger partial charge in [0.05, 0.1) is 11.3 Å². The van der Waals surface area contributed by atoms with Crippen LogP contribution < -0.4 is 0 Å². The fraction of sp³-hybridized carbons (Fsp3) is 0.529. The second-order valence-electron chi connectivity index (χ2n) is 6.34. The minimum atomic E-state index is -0.860. The molecule has 1 saturated heterocycles. The highest BCUT2D eigenvalue weighted by atomic mass is 19.1. The largest absolute Gasteiger partial charge is 0.481 e. The van der Waals surface area contributed by atoms with E-state index >= 15 is 0 Å². The Hall–Kier alpha value is -1.91. The van der Waals surface area contributed by atoms with Crippen molar-refractivity contribution in [2.24, 2.45) is 5.92 Å². The van der Waals surface area contributed by atoms with Crippen LogP contribution in [-0.2, 0) is 15.0 Å². The number of nitrogens with zero attached hydrogens (tertiary/aromatic N) is 1. The topological polar surface area (TPSA) is 57.6 Å². The maximum Gasteiger partial charge on any atom is 0.308 e. The molecule has 1 unspecified atom stereocenters. The molecule has 0 spiro atoms. The number of carbonyl (C=O) groups is 2. The quantitative estimate of drug-likeness (QED) is 0.933. The Kier molecular flexibility index (Phi) is 3.89. The fourth-order valence-corrected chi connectivity index (χ4v) is 3.88. The molecule has 2 aliphatic rings. The Morgan fingerprint density at radius 2 is 1.91 bits per heavy atom. The van der Waals surface area contributed by atoms with Gasteiger partial charge in [-0.25, -0.2) is 4.39 Å². The van der Waals surface area contributed by atoms with E-state index in [0.29, 0.717) is 31.4 Å². The molecule has 118 valence electrons. The predicted molar refractivity (Wildman–Crippen MR) is 78.9 cm³/mol. The zero-order valence-corrected chi connectivity index (χ0v) is 12.4. The minimum absolute atomic E-state index is 0.0983. The Morgan fingerprint density at radius 3 is 2.50 bits per heavy atom. The highest BCUT2D eigenvalue weighted by molar-refractivity contribution is 5.89. The smallest absolute Gasteiger partial charge is 0.308 e. The van der Waals surface area contributed by atoms with Crippen molar-refractivity contribution in [1.82, 2.24) is 4.90 Å².